The molecule has 0 aliphatic carbocycles. The average molecular weight is 424 g/mol. The molecule has 164 valence electrons. The molecule has 0 fully saturated rings. The number of benzene rings is 1. The minimum absolute atomic E-state index is 0.0115. The molecule has 0 unspecified atom stereocenters. The van der Waals surface area contributed by atoms with Crippen LogP contribution in [0.3, 0.4) is 0 Å². The van der Waals surface area contributed by atoms with E-state index in [1.54, 1.807) is 26.1 Å². The highest BCUT2D eigenvalue weighted by Gasteiger charge is 2.29. The molecule has 3 N–H and O–H groups in total. The number of amides is 1. The molecule has 0 aliphatic heterocycles. The third kappa shape index (κ3) is 5.46. The summed E-state index contributed by atoms with van der Waals surface area (Å²) in [4.78, 5) is 34.3. The van der Waals surface area contributed by atoms with Crippen LogP contribution in [0.5, 0.6) is 0 Å². The van der Waals surface area contributed by atoms with Crippen LogP contribution in [-0.2, 0) is 11.3 Å². The number of hydrogen-bond donors (Lipinski definition) is 3. The second-order valence-electron chi connectivity index (χ2n) is 8.22. The minimum Gasteiger partial charge on any atom is -0.396 e. The normalized spacial score (nSPS) is 12.5. The number of nitrogens with one attached hydrogen (secondary N) is 2. The second-order valence-corrected chi connectivity index (χ2v) is 8.22. The predicted octanol–water partition coefficient (Wildman–Crippen LogP) is 2.49. The van der Waals surface area contributed by atoms with Crippen molar-refractivity contribution < 1.29 is 9.90 Å². The summed E-state index contributed by atoms with van der Waals surface area (Å²) in [6, 6.07) is 13.1. The standard InChI is InChI=1S/C23H29N5O3/c1-16(17-8-5-4-6-9-17)26-22-25-14-18-10-11-19(30)28(20(18)27-22)15-23(2,3)21(31)24-12-7-13-29/h4-6,8-11,14,16,29H,7,12-13,15H2,1-3H3,(H,24,31)(H,25,26,27)/t16-/m0/s1. The number of fused-ring (bicyclic) bond motifs is 1. The summed E-state index contributed by atoms with van der Waals surface area (Å²) in [5.74, 6) is 0.225. The molecular formula is C23H29N5O3. The highest BCUT2D eigenvalue weighted by atomic mass is 16.3. The molecule has 0 saturated heterocycles. The molecule has 0 bridgehead atoms. The molecule has 1 amide bonds. The van der Waals surface area contributed by atoms with Gasteiger partial charge in [-0.3, -0.25) is 14.2 Å². The van der Waals surface area contributed by atoms with Gasteiger partial charge in [-0.2, -0.15) is 4.98 Å². The van der Waals surface area contributed by atoms with Crippen LogP contribution in [-0.4, -0.2) is 38.7 Å². The van der Waals surface area contributed by atoms with Gasteiger partial charge in [-0.05, 0) is 38.8 Å². The number of carbonyl (C=O) groups excluding carboxylic acids is 1. The number of hydrogen-bond acceptors (Lipinski definition) is 6. The molecular weight excluding hydrogens is 394 g/mol. The summed E-state index contributed by atoms with van der Waals surface area (Å²) in [6.07, 6.45) is 2.16. The van der Waals surface area contributed by atoms with Crippen molar-refractivity contribution in [1.29, 1.82) is 0 Å². The van der Waals surface area contributed by atoms with Gasteiger partial charge in [0, 0.05) is 37.3 Å². The molecule has 8 nitrogen and oxygen atoms in total. The van der Waals surface area contributed by atoms with Crippen LogP contribution in [0.25, 0.3) is 11.0 Å². The van der Waals surface area contributed by atoms with Gasteiger partial charge in [0.15, 0.2) is 0 Å². The third-order valence-corrected chi connectivity index (χ3v) is 5.16. The predicted molar refractivity (Wildman–Crippen MR) is 121 cm³/mol. The SMILES string of the molecule is C[C@H](Nc1ncc2ccc(=O)n(CC(C)(C)C(=O)NCCCO)c2n1)c1ccccc1. The fourth-order valence-electron chi connectivity index (χ4n) is 3.30. The van der Waals surface area contributed by atoms with Crippen molar-refractivity contribution in [2.24, 2.45) is 5.41 Å². The average Bonchev–Trinajstić information content (AvgIpc) is 2.76. The molecule has 31 heavy (non-hydrogen) atoms. The first-order valence-corrected chi connectivity index (χ1v) is 10.4. The van der Waals surface area contributed by atoms with Crippen molar-refractivity contribution >= 4 is 22.9 Å². The van der Waals surface area contributed by atoms with E-state index in [4.69, 9.17) is 5.11 Å². The summed E-state index contributed by atoms with van der Waals surface area (Å²) in [7, 11) is 0. The number of anilines is 1. The van der Waals surface area contributed by atoms with Gasteiger partial charge in [-0.1, -0.05) is 30.3 Å². The fourth-order valence-corrected chi connectivity index (χ4v) is 3.30. The van der Waals surface area contributed by atoms with Crippen LogP contribution in [0.4, 0.5) is 5.95 Å². The topological polar surface area (TPSA) is 109 Å². The largest absolute Gasteiger partial charge is 0.396 e. The number of aliphatic hydroxyl groups excluding tert-OH is 1. The first-order valence-electron chi connectivity index (χ1n) is 10.4. The van der Waals surface area contributed by atoms with Gasteiger partial charge >= 0.3 is 0 Å². The van der Waals surface area contributed by atoms with Crippen LogP contribution in [0.1, 0.15) is 38.8 Å². The van der Waals surface area contributed by atoms with Crippen LogP contribution in [0.2, 0.25) is 0 Å². The van der Waals surface area contributed by atoms with Gasteiger partial charge in [-0.25, -0.2) is 4.98 Å². The molecule has 0 aliphatic rings. The van der Waals surface area contributed by atoms with Crippen LogP contribution >= 0.6 is 0 Å². The molecule has 3 rings (SSSR count). The zero-order valence-corrected chi connectivity index (χ0v) is 18.1. The van der Waals surface area contributed by atoms with E-state index in [2.05, 4.69) is 20.6 Å². The molecule has 1 aromatic carbocycles. The monoisotopic (exact) mass is 423 g/mol. The minimum atomic E-state index is -0.844. The Balaban J connectivity index is 1.89. The molecule has 2 aromatic heterocycles. The Hall–Kier alpha value is -3.26. The lowest BCUT2D eigenvalue weighted by Gasteiger charge is -2.25. The molecule has 0 saturated carbocycles. The fraction of sp³-hybridized carbons (Fsp3) is 0.391. The maximum atomic E-state index is 12.7. The van der Waals surface area contributed by atoms with Crippen molar-refractivity contribution in [3.8, 4) is 0 Å². The Bertz CT molecular complexity index is 1100. The zero-order chi connectivity index (χ0) is 22.4. The van der Waals surface area contributed by atoms with Crippen molar-refractivity contribution in [3.63, 3.8) is 0 Å². The lowest BCUT2D eigenvalue weighted by molar-refractivity contribution is -0.130. The number of rotatable bonds is 9. The van der Waals surface area contributed by atoms with E-state index in [-0.39, 0.29) is 30.7 Å². The van der Waals surface area contributed by atoms with Crippen molar-refractivity contribution in [2.75, 3.05) is 18.5 Å². The maximum Gasteiger partial charge on any atom is 0.252 e. The first-order chi connectivity index (χ1) is 14.8. The smallest absolute Gasteiger partial charge is 0.252 e. The quantitative estimate of drug-likeness (QED) is 0.456. The highest BCUT2D eigenvalue weighted by molar-refractivity contribution is 5.82. The molecule has 1 atom stereocenters. The van der Waals surface area contributed by atoms with Gasteiger partial charge in [0.25, 0.3) is 5.56 Å². The Morgan fingerprint density at radius 3 is 2.65 bits per heavy atom. The van der Waals surface area contributed by atoms with Gasteiger partial charge < -0.3 is 15.7 Å². The number of pyridine rings is 1. The maximum absolute atomic E-state index is 12.7. The Morgan fingerprint density at radius 2 is 1.94 bits per heavy atom. The third-order valence-electron chi connectivity index (χ3n) is 5.16. The highest BCUT2D eigenvalue weighted by Crippen LogP contribution is 2.22. The number of aliphatic hydroxyl groups is 1. The van der Waals surface area contributed by atoms with Crippen molar-refractivity contribution in [3.05, 3.63) is 64.6 Å². The van der Waals surface area contributed by atoms with E-state index >= 15 is 0 Å². The molecule has 2 heterocycles. The van der Waals surface area contributed by atoms with E-state index < -0.39 is 5.41 Å². The summed E-state index contributed by atoms with van der Waals surface area (Å²) >= 11 is 0. The lowest BCUT2D eigenvalue weighted by Crippen LogP contribution is -2.42. The summed E-state index contributed by atoms with van der Waals surface area (Å²) < 4.78 is 1.51. The first kappa shape index (κ1) is 22.4. The van der Waals surface area contributed by atoms with E-state index in [0.29, 0.717) is 29.9 Å². The van der Waals surface area contributed by atoms with Crippen LogP contribution in [0.15, 0.2) is 53.5 Å². The van der Waals surface area contributed by atoms with Gasteiger partial charge in [0.2, 0.25) is 11.9 Å². The number of carbonyl (C=O) groups is 1. The van der Waals surface area contributed by atoms with E-state index in [1.807, 2.05) is 37.3 Å². The number of nitrogens with zero attached hydrogens (tertiary/aromatic N) is 3. The van der Waals surface area contributed by atoms with Crippen LogP contribution in [0, 0.1) is 5.41 Å². The van der Waals surface area contributed by atoms with E-state index in [0.717, 1.165) is 5.56 Å². The molecule has 0 spiro atoms. The molecule has 8 heteroatoms. The van der Waals surface area contributed by atoms with Gasteiger partial charge in [0.1, 0.15) is 5.65 Å². The Kier molecular flexibility index (Phi) is 7.02. The van der Waals surface area contributed by atoms with E-state index in [9.17, 15) is 9.59 Å². The summed E-state index contributed by atoms with van der Waals surface area (Å²) in [6.45, 7) is 6.14. The second kappa shape index (κ2) is 9.70. The summed E-state index contributed by atoms with van der Waals surface area (Å²) in [5, 5.41) is 15.7. The molecule has 0 radical (unpaired) electrons. The number of aromatic nitrogens is 3. The van der Waals surface area contributed by atoms with Crippen molar-refractivity contribution in [2.45, 2.75) is 39.8 Å². The summed E-state index contributed by atoms with van der Waals surface area (Å²) in [5.41, 5.74) is 0.493. The zero-order valence-electron chi connectivity index (χ0n) is 18.1. The van der Waals surface area contributed by atoms with Gasteiger partial charge in [0.05, 0.1) is 11.5 Å². The van der Waals surface area contributed by atoms with E-state index in [1.165, 1.54) is 10.6 Å². The molecule has 3 aromatic rings. The van der Waals surface area contributed by atoms with Crippen molar-refractivity contribution in [1.82, 2.24) is 19.9 Å². The Morgan fingerprint density at radius 1 is 1.19 bits per heavy atom. The lowest BCUT2D eigenvalue weighted by atomic mass is 9.92. The van der Waals surface area contributed by atoms with Gasteiger partial charge in [-0.15, -0.1) is 0 Å². The Labute approximate surface area is 181 Å². The van der Waals surface area contributed by atoms with Crippen LogP contribution < -0.4 is 16.2 Å².